The van der Waals surface area contributed by atoms with Gasteiger partial charge < -0.3 is 0 Å². The standard InChI is InChI=1S/C18H19BrN3O/c1-21-9-5-8-13-15(19)10-14-16(17(13)21)20-11-22(18(14)23)12-6-3-2-4-7-12/h5,8-12H,2-4,6-7H2,1H3/q+1. The predicted octanol–water partition coefficient (Wildman–Crippen LogP) is 3.64. The highest BCUT2D eigenvalue weighted by Gasteiger charge is 2.21. The fourth-order valence-electron chi connectivity index (χ4n) is 3.72. The molecule has 1 aliphatic carbocycles. The molecule has 1 aliphatic rings. The molecule has 0 bridgehead atoms. The van der Waals surface area contributed by atoms with E-state index in [1.165, 1.54) is 19.3 Å². The number of hydrogen-bond donors (Lipinski definition) is 0. The Balaban J connectivity index is 2.03. The van der Waals surface area contributed by atoms with Crippen LogP contribution in [0.2, 0.25) is 0 Å². The van der Waals surface area contributed by atoms with Crippen molar-refractivity contribution < 1.29 is 4.57 Å². The maximum absolute atomic E-state index is 13.0. The fraction of sp³-hybridized carbons (Fsp3) is 0.389. The summed E-state index contributed by atoms with van der Waals surface area (Å²) < 4.78 is 4.82. The molecule has 4 nitrogen and oxygen atoms in total. The average Bonchev–Trinajstić information content (AvgIpc) is 2.57. The van der Waals surface area contributed by atoms with Gasteiger partial charge in [-0.1, -0.05) is 19.3 Å². The number of benzene rings is 1. The van der Waals surface area contributed by atoms with E-state index in [4.69, 9.17) is 0 Å². The van der Waals surface area contributed by atoms with Crippen LogP contribution in [0.5, 0.6) is 0 Å². The monoisotopic (exact) mass is 372 g/mol. The van der Waals surface area contributed by atoms with E-state index < -0.39 is 0 Å². The molecular weight excluding hydrogens is 354 g/mol. The minimum absolute atomic E-state index is 0.0772. The van der Waals surface area contributed by atoms with Gasteiger partial charge in [0.1, 0.15) is 12.6 Å². The summed E-state index contributed by atoms with van der Waals surface area (Å²) in [4.78, 5) is 17.7. The van der Waals surface area contributed by atoms with Gasteiger partial charge in [-0.3, -0.25) is 9.36 Å². The van der Waals surface area contributed by atoms with Crippen LogP contribution in [0.3, 0.4) is 0 Å². The summed E-state index contributed by atoms with van der Waals surface area (Å²) in [6.07, 6.45) is 9.57. The molecule has 0 amide bonds. The molecule has 1 fully saturated rings. The van der Waals surface area contributed by atoms with E-state index in [0.717, 1.165) is 33.7 Å². The first-order chi connectivity index (χ1) is 11.2. The second kappa shape index (κ2) is 5.71. The SMILES string of the molecule is C[n+]1cccc2c(Br)cc3c(=O)n(C4CCCCC4)cnc3c21. The van der Waals surface area contributed by atoms with Crippen molar-refractivity contribution in [3.8, 4) is 0 Å². The first kappa shape index (κ1) is 14.8. The Morgan fingerprint density at radius 3 is 2.83 bits per heavy atom. The smallest absolute Gasteiger partial charge is 0.261 e. The zero-order chi connectivity index (χ0) is 16.0. The number of aryl methyl sites for hydroxylation is 1. The molecule has 0 saturated heterocycles. The minimum atomic E-state index is 0.0772. The normalized spacial score (nSPS) is 16.3. The first-order valence-electron chi connectivity index (χ1n) is 8.14. The van der Waals surface area contributed by atoms with Gasteiger partial charge >= 0.3 is 0 Å². The lowest BCUT2D eigenvalue weighted by Crippen LogP contribution is -2.30. The molecule has 0 spiro atoms. The molecule has 5 heteroatoms. The van der Waals surface area contributed by atoms with Gasteiger partial charge in [-0.2, -0.15) is 4.57 Å². The van der Waals surface area contributed by atoms with Crippen LogP contribution < -0.4 is 10.1 Å². The topological polar surface area (TPSA) is 38.8 Å². The molecule has 2 heterocycles. The number of fused-ring (bicyclic) bond motifs is 3. The highest BCUT2D eigenvalue weighted by atomic mass is 79.9. The third-order valence-electron chi connectivity index (χ3n) is 4.93. The summed E-state index contributed by atoms with van der Waals surface area (Å²) in [5.41, 5.74) is 1.85. The van der Waals surface area contributed by atoms with Crippen LogP contribution in [0.25, 0.3) is 21.8 Å². The van der Waals surface area contributed by atoms with Crippen molar-refractivity contribution >= 4 is 37.7 Å². The van der Waals surface area contributed by atoms with Gasteiger partial charge in [-0.15, -0.1) is 0 Å². The highest BCUT2D eigenvalue weighted by molar-refractivity contribution is 9.10. The van der Waals surface area contributed by atoms with Gasteiger partial charge in [0.2, 0.25) is 5.52 Å². The summed E-state index contributed by atoms with van der Waals surface area (Å²) in [5.74, 6) is 0. The number of rotatable bonds is 1. The van der Waals surface area contributed by atoms with Gasteiger partial charge in [0, 0.05) is 16.6 Å². The first-order valence-corrected chi connectivity index (χ1v) is 8.94. The van der Waals surface area contributed by atoms with Crippen molar-refractivity contribution in [3.05, 3.63) is 45.5 Å². The van der Waals surface area contributed by atoms with Gasteiger partial charge in [0.15, 0.2) is 6.20 Å². The number of pyridine rings is 1. The number of aromatic nitrogens is 3. The summed E-state index contributed by atoms with van der Waals surface area (Å²) in [7, 11) is 1.99. The number of hydrogen-bond acceptors (Lipinski definition) is 2. The molecule has 118 valence electrons. The van der Waals surface area contributed by atoms with Crippen LogP contribution >= 0.6 is 15.9 Å². The molecule has 4 rings (SSSR count). The summed E-state index contributed by atoms with van der Waals surface area (Å²) in [6.45, 7) is 0. The lowest BCUT2D eigenvalue weighted by atomic mass is 9.95. The van der Waals surface area contributed by atoms with Crippen LogP contribution in [-0.2, 0) is 7.05 Å². The average molecular weight is 373 g/mol. The van der Waals surface area contributed by atoms with E-state index in [1.807, 2.05) is 40.6 Å². The van der Waals surface area contributed by atoms with Crippen molar-refractivity contribution in [2.45, 2.75) is 38.1 Å². The van der Waals surface area contributed by atoms with Gasteiger partial charge in [-0.05, 0) is 40.9 Å². The number of nitrogens with zero attached hydrogens (tertiary/aromatic N) is 3. The zero-order valence-electron chi connectivity index (χ0n) is 13.1. The van der Waals surface area contributed by atoms with Gasteiger partial charge in [-0.25, -0.2) is 4.98 Å². The van der Waals surface area contributed by atoms with E-state index in [9.17, 15) is 4.79 Å². The molecule has 0 N–H and O–H groups in total. The van der Waals surface area contributed by atoms with Crippen molar-refractivity contribution in [2.24, 2.45) is 7.05 Å². The molecule has 2 aromatic heterocycles. The molecule has 0 radical (unpaired) electrons. The second-order valence-corrected chi connectivity index (χ2v) is 7.24. The lowest BCUT2D eigenvalue weighted by molar-refractivity contribution is -0.644. The van der Waals surface area contributed by atoms with E-state index >= 15 is 0 Å². The second-order valence-electron chi connectivity index (χ2n) is 6.38. The molecule has 1 saturated carbocycles. The maximum Gasteiger partial charge on any atom is 0.261 e. The van der Waals surface area contributed by atoms with Crippen molar-refractivity contribution in [2.75, 3.05) is 0 Å². The summed E-state index contributed by atoms with van der Waals surface area (Å²) in [6, 6.07) is 6.27. The molecule has 0 atom stereocenters. The Morgan fingerprint density at radius 2 is 2.04 bits per heavy atom. The lowest BCUT2D eigenvalue weighted by Gasteiger charge is -2.23. The van der Waals surface area contributed by atoms with E-state index in [0.29, 0.717) is 11.4 Å². The van der Waals surface area contributed by atoms with Gasteiger partial charge in [0.05, 0.1) is 17.1 Å². The Bertz CT molecular complexity index is 958. The van der Waals surface area contributed by atoms with Crippen LogP contribution in [-0.4, -0.2) is 9.55 Å². The fourth-order valence-corrected chi connectivity index (χ4v) is 4.27. The molecule has 1 aromatic carbocycles. The third kappa shape index (κ3) is 2.38. The van der Waals surface area contributed by atoms with Crippen molar-refractivity contribution in [1.29, 1.82) is 0 Å². The van der Waals surface area contributed by atoms with Gasteiger partial charge in [0.25, 0.3) is 5.56 Å². The van der Waals surface area contributed by atoms with Crippen molar-refractivity contribution in [3.63, 3.8) is 0 Å². The summed E-state index contributed by atoms with van der Waals surface area (Å²) >= 11 is 3.62. The van der Waals surface area contributed by atoms with Crippen LogP contribution in [0, 0.1) is 0 Å². The maximum atomic E-state index is 13.0. The minimum Gasteiger partial charge on any atom is -0.296 e. The molecule has 0 unspecified atom stereocenters. The van der Waals surface area contributed by atoms with E-state index in [-0.39, 0.29) is 5.56 Å². The molecule has 0 aliphatic heterocycles. The van der Waals surface area contributed by atoms with E-state index in [1.54, 1.807) is 6.33 Å². The Morgan fingerprint density at radius 1 is 1.26 bits per heavy atom. The zero-order valence-corrected chi connectivity index (χ0v) is 14.7. The molecule has 3 aromatic rings. The third-order valence-corrected chi connectivity index (χ3v) is 5.59. The van der Waals surface area contributed by atoms with Crippen molar-refractivity contribution in [1.82, 2.24) is 9.55 Å². The summed E-state index contributed by atoms with van der Waals surface area (Å²) in [5, 5.41) is 1.77. The molecular formula is C18H19BrN3O+. The quantitative estimate of drug-likeness (QED) is 0.483. The Labute approximate surface area is 142 Å². The Hall–Kier alpha value is -1.75. The predicted molar refractivity (Wildman–Crippen MR) is 94.5 cm³/mol. The van der Waals surface area contributed by atoms with E-state index in [2.05, 4.69) is 20.9 Å². The van der Waals surface area contributed by atoms with Crippen LogP contribution in [0.15, 0.2) is 40.0 Å². The molecule has 23 heavy (non-hydrogen) atoms. The van der Waals surface area contributed by atoms with Crippen LogP contribution in [0.4, 0.5) is 0 Å². The number of halogens is 1. The van der Waals surface area contributed by atoms with Crippen LogP contribution in [0.1, 0.15) is 38.1 Å². The highest BCUT2D eigenvalue weighted by Crippen LogP contribution is 2.29. The Kier molecular flexibility index (Phi) is 3.68. The largest absolute Gasteiger partial charge is 0.296 e.